The summed E-state index contributed by atoms with van der Waals surface area (Å²) in [5.74, 6) is 0.687. The first-order valence-corrected chi connectivity index (χ1v) is 8.90. The van der Waals surface area contributed by atoms with Crippen LogP contribution in [-0.4, -0.2) is 65.5 Å². The molecule has 3 aliphatic rings. The average molecular weight is 335 g/mol. The van der Waals surface area contributed by atoms with Gasteiger partial charge in [-0.3, -0.25) is 0 Å². The lowest BCUT2D eigenvalue weighted by atomic mass is 9.90. The number of hydrogen-bond acceptors (Lipinski definition) is 7. The average Bonchev–Trinajstić information content (AvgIpc) is 3.06. The first-order valence-electron chi connectivity index (χ1n) is 8.90. The summed E-state index contributed by atoms with van der Waals surface area (Å²) in [7, 11) is 0. The Balaban J connectivity index is 1.32. The van der Waals surface area contributed by atoms with Gasteiger partial charge in [0.05, 0.1) is 6.54 Å². The number of alkyl carbamates (subject to hydrolysis) is 1. The second kappa shape index (κ2) is 6.23. The van der Waals surface area contributed by atoms with E-state index in [1.165, 1.54) is 6.42 Å². The van der Waals surface area contributed by atoms with Crippen LogP contribution in [0.15, 0.2) is 4.52 Å². The van der Waals surface area contributed by atoms with E-state index >= 15 is 0 Å². The SMILES string of the molecule is Cc1noc(N2CCCC(N3CCC4(CC3)CNC(=O)O4)CC2)n1. The second-order valence-electron chi connectivity index (χ2n) is 7.16. The molecule has 0 bridgehead atoms. The van der Waals surface area contributed by atoms with Crippen molar-refractivity contribution in [3.05, 3.63) is 5.82 Å². The highest BCUT2D eigenvalue weighted by molar-refractivity contribution is 5.70. The highest BCUT2D eigenvalue weighted by Gasteiger charge is 2.43. The summed E-state index contributed by atoms with van der Waals surface area (Å²) in [6.07, 6.45) is 5.01. The third kappa shape index (κ3) is 3.07. The molecule has 1 spiro atoms. The molecule has 8 nitrogen and oxygen atoms in total. The van der Waals surface area contributed by atoms with Crippen LogP contribution >= 0.6 is 0 Å². The van der Waals surface area contributed by atoms with Crippen LogP contribution in [0.3, 0.4) is 0 Å². The number of likely N-dealkylation sites (tertiary alicyclic amines) is 1. The monoisotopic (exact) mass is 335 g/mol. The fourth-order valence-corrected chi connectivity index (χ4v) is 4.13. The van der Waals surface area contributed by atoms with Gasteiger partial charge in [-0.25, -0.2) is 4.79 Å². The molecule has 4 heterocycles. The zero-order chi connectivity index (χ0) is 16.6. The summed E-state index contributed by atoms with van der Waals surface area (Å²) in [6.45, 7) is 6.43. The van der Waals surface area contributed by atoms with Crippen molar-refractivity contribution in [3.8, 4) is 0 Å². The number of aryl methyl sites for hydroxylation is 1. The predicted molar refractivity (Wildman–Crippen MR) is 86.9 cm³/mol. The lowest BCUT2D eigenvalue weighted by Crippen LogP contribution is -2.50. The Hall–Kier alpha value is -1.83. The molecule has 132 valence electrons. The van der Waals surface area contributed by atoms with E-state index in [9.17, 15) is 4.79 Å². The predicted octanol–water partition coefficient (Wildman–Crippen LogP) is 1.31. The number of rotatable bonds is 2. The lowest BCUT2D eigenvalue weighted by Gasteiger charge is -2.40. The van der Waals surface area contributed by atoms with Gasteiger partial charge < -0.3 is 24.4 Å². The van der Waals surface area contributed by atoms with Crippen LogP contribution in [0.1, 0.15) is 37.9 Å². The largest absolute Gasteiger partial charge is 0.441 e. The number of ether oxygens (including phenoxy) is 1. The summed E-state index contributed by atoms with van der Waals surface area (Å²) < 4.78 is 10.8. The number of carbonyl (C=O) groups is 1. The minimum absolute atomic E-state index is 0.258. The fraction of sp³-hybridized carbons (Fsp3) is 0.812. The molecule has 3 fully saturated rings. The third-order valence-corrected chi connectivity index (χ3v) is 5.57. The summed E-state index contributed by atoms with van der Waals surface area (Å²) in [5, 5.41) is 6.69. The zero-order valence-corrected chi connectivity index (χ0v) is 14.2. The Morgan fingerprint density at radius 3 is 2.71 bits per heavy atom. The van der Waals surface area contributed by atoms with Crippen LogP contribution in [0.5, 0.6) is 0 Å². The zero-order valence-electron chi connectivity index (χ0n) is 14.2. The Kier molecular flexibility index (Phi) is 4.07. The van der Waals surface area contributed by atoms with E-state index in [1.54, 1.807) is 0 Å². The van der Waals surface area contributed by atoms with Gasteiger partial charge in [0.15, 0.2) is 5.82 Å². The molecule has 0 aliphatic carbocycles. The van der Waals surface area contributed by atoms with E-state index in [-0.39, 0.29) is 11.7 Å². The van der Waals surface area contributed by atoms with Crippen LogP contribution < -0.4 is 10.2 Å². The molecule has 3 saturated heterocycles. The molecule has 0 radical (unpaired) electrons. The Bertz CT molecular complexity index is 596. The quantitative estimate of drug-likeness (QED) is 0.872. The van der Waals surface area contributed by atoms with Crippen molar-refractivity contribution >= 4 is 12.1 Å². The van der Waals surface area contributed by atoms with Crippen molar-refractivity contribution < 1.29 is 14.1 Å². The Morgan fingerprint density at radius 2 is 2.04 bits per heavy atom. The van der Waals surface area contributed by atoms with E-state index in [1.807, 2.05) is 6.92 Å². The smallest absolute Gasteiger partial charge is 0.407 e. The maximum absolute atomic E-state index is 11.3. The minimum Gasteiger partial charge on any atom is -0.441 e. The molecule has 3 aliphatic heterocycles. The molecule has 1 N–H and O–H groups in total. The Morgan fingerprint density at radius 1 is 1.21 bits per heavy atom. The number of hydrogen-bond donors (Lipinski definition) is 1. The van der Waals surface area contributed by atoms with Gasteiger partial charge in [-0.05, 0) is 26.2 Å². The minimum atomic E-state index is -0.261. The molecule has 24 heavy (non-hydrogen) atoms. The van der Waals surface area contributed by atoms with E-state index in [4.69, 9.17) is 9.26 Å². The van der Waals surface area contributed by atoms with Gasteiger partial charge in [0.2, 0.25) is 0 Å². The van der Waals surface area contributed by atoms with Crippen LogP contribution in [0.4, 0.5) is 10.8 Å². The van der Waals surface area contributed by atoms with Gasteiger partial charge in [-0.15, -0.1) is 0 Å². The number of carbonyl (C=O) groups excluding carboxylic acids is 1. The fourth-order valence-electron chi connectivity index (χ4n) is 4.13. The van der Waals surface area contributed by atoms with Gasteiger partial charge in [0.1, 0.15) is 5.60 Å². The molecule has 8 heteroatoms. The van der Waals surface area contributed by atoms with Crippen LogP contribution in [0.25, 0.3) is 0 Å². The molecule has 4 rings (SSSR count). The molecule has 1 unspecified atom stereocenters. The first kappa shape index (κ1) is 15.7. The van der Waals surface area contributed by atoms with E-state index in [0.29, 0.717) is 24.4 Å². The maximum Gasteiger partial charge on any atom is 0.407 e. The van der Waals surface area contributed by atoms with Crippen LogP contribution in [0, 0.1) is 6.92 Å². The van der Waals surface area contributed by atoms with Gasteiger partial charge in [0, 0.05) is 45.1 Å². The number of nitrogens with zero attached hydrogens (tertiary/aromatic N) is 4. The van der Waals surface area contributed by atoms with Crippen molar-refractivity contribution in [1.29, 1.82) is 0 Å². The summed E-state index contributed by atoms with van der Waals surface area (Å²) in [6, 6.07) is 1.23. The molecule has 1 aromatic rings. The summed E-state index contributed by atoms with van der Waals surface area (Å²) >= 11 is 0. The number of piperidine rings is 1. The third-order valence-electron chi connectivity index (χ3n) is 5.57. The van der Waals surface area contributed by atoms with E-state index in [2.05, 4.69) is 25.3 Å². The van der Waals surface area contributed by atoms with E-state index < -0.39 is 0 Å². The highest BCUT2D eigenvalue weighted by atomic mass is 16.6. The van der Waals surface area contributed by atoms with Gasteiger partial charge >= 0.3 is 12.1 Å². The number of nitrogens with one attached hydrogen (secondary N) is 1. The second-order valence-corrected chi connectivity index (χ2v) is 7.16. The van der Waals surface area contributed by atoms with Crippen molar-refractivity contribution in [2.75, 3.05) is 37.6 Å². The van der Waals surface area contributed by atoms with Crippen molar-refractivity contribution in [1.82, 2.24) is 20.4 Å². The van der Waals surface area contributed by atoms with Crippen molar-refractivity contribution in [2.24, 2.45) is 0 Å². The number of anilines is 1. The van der Waals surface area contributed by atoms with Crippen LogP contribution in [-0.2, 0) is 4.74 Å². The van der Waals surface area contributed by atoms with Gasteiger partial charge in [-0.1, -0.05) is 5.16 Å². The molecular formula is C16H25N5O3. The standard InChI is InChI=1S/C16H25N5O3/c1-12-18-14(24-19-12)21-7-2-3-13(4-8-21)20-9-5-16(6-10-20)11-17-15(22)23-16/h13H,2-11H2,1H3,(H,17,22). The molecular weight excluding hydrogens is 310 g/mol. The molecule has 0 saturated carbocycles. The van der Waals surface area contributed by atoms with Crippen molar-refractivity contribution in [2.45, 2.75) is 50.7 Å². The summed E-state index contributed by atoms with van der Waals surface area (Å²) in [5.41, 5.74) is -0.258. The molecule has 0 aromatic carbocycles. The normalized spacial score (nSPS) is 27.8. The first-order chi connectivity index (χ1) is 11.6. The number of aromatic nitrogens is 2. The van der Waals surface area contributed by atoms with Crippen LogP contribution in [0.2, 0.25) is 0 Å². The number of amides is 1. The molecule has 1 atom stereocenters. The van der Waals surface area contributed by atoms with Gasteiger partial charge in [-0.2, -0.15) is 4.98 Å². The topological polar surface area (TPSA) is 83.7 Å². The van der Waals surface area contributed by atoms with Gasteiger partial charge in [0.25, 0.3) is 0 Å². The lowest BCUT2D eigenvalue weighted by molar-refractivity contribution is -0.0111. The van der Waals surface area contributed by atoms with Crippen molar-refractivity contribution in [3.63, 3.8) is 0 Å². The van der Waals surface area contributed by atoms with E-state index in [0.717, 1.165) is 51.9 Å². The maximum atomic E-state index is 11.3. The highest BCUT2D eigenvalue weighted by Crippen LogP contribution is 2.32. The summed E-state index contributed by atoms with van der Waals surface area (Å²) in [4.78, 5) is 20.5. The molecule has 1 aromatic heterocycles. The Labute approximate surface area is 141 Å². The molecule has 1 amide bonds.